The lowest BCUT2D eigenvalue weighted by Gasteiger charge is -2.28. The van der Waals surface area contributed by atoms with Crippen molar-refractivity contribution in [3.8, 4) is 0 Å². The average Bonchev–Trinajstić information content (AvgIpc) is 2.33. The summed E-state index contributed by atoms with van der Waals surface area (Å²) >= 11 is 0. The predicted octanol–water partition coefficient (Wildman–Crippen LogP) is 0.167. The molecule has 1 fully saturated rings. The molecule has 0 aromatic carbocycles. The number of carbonyl (C=O) groups excluding carboxylic acids is 1. The van der Waals surface area contributed by atoms with E-state index in [1.54, 1.807) is 0 Å². The van der Waals surface area contributed by atoms with Gasteiger partial charge in [0.25, 0.3) is 0 Å². The quantitative estimate of drug-likeness (QED) is 0.530. The van der Waals surface area contributed by atoms with Crippen molar-refractivity contribution in [2.45, 2.75) is 12.8 Å². The summed E-state index contributed by atoms with van der Waals surface area (Å²) in [5.74, 6) is 0.394. The summed E-state index contributed by atoms with van der Waals surface area (Å²) in [6, 6.07) is 0. The molecule has 0 spiro atoms. The van der Waals surface area contributed by atoms with Crippen molar-refractivity contribution in [1.82, 2.24) is 10.2 Å². The third-order valence-corrected chi connectivity index (χ3v) is 3.54. The fourth-order valence-corrected chi connectivity index (χ4v) is 2.10. The molecule has 0 atom stereocenters. The molecule has 0 radical (unpaired) electrons. The largest absolute Gasteiger partial charge is 0.374 e. The smallest absolute Gasteiger partial charge is 0.223 e. The summed E-state index contributed by atoms with van der Waals surface area (Å²) < 4.78 is 6.43. The van der Waals surface area contributed by atoms with E-state index < -0.39 is 0 Å². The first-order chi connectivity index (χ1) is 8.88. The van der Waals surface area contributed by atoms with Gasteiger partial charge < -0.3 is 19.4 Å². The van der Waals surface area contributed by atoms with Gasteiger partial charge in [-0.2, -0.15) is 0 Å². The molecule has 0 unspecified atom stereocenters. The fourth-order valence-electron chi connectivity index (χ4n) is 2.10. The van der Waals surface area contributed by atoms with Gasteiger partial charge in [-0.15, -0.1) is 0 Å². The summed E-state index contributed by atoms with van der Waals surface area (Å²) in [7, 11) is 8.54. The number of hydrogen-bond donors (Lipinski definition) is 1. The number of likely N-dealkylation sites (N-methyl/N-ethyl adjacent to an activating group) is 1. The zero-order chi connectivity index (χ0) is 14.3. The number of carbonyl (C=O) groups is 1. The van der Waals surface area contributed by atoms with Crippen molar-refractivity contribution in [3.05, 3.63) is 0 Å². The molecule has 5 heteroatoms. The van der Waals surface area contributed by atoms with Crippen molar-refractivity contribution < 1.29 is 14.0 Å². The summed E-state index contributed by atoms with van der Waals surface area (Å²) in [6.07, 6.45) is 1.95. The highest BCUT2D eigenvalue weighted by molar-refractivity contribution is 5.78. The van der Waals surface area contributed by atoms with Crippen LogP contribution in [0.25, 0.3) is 0 Å². The number of ether oxygens (including phenoxy) is 1. The molecule has 0 aromatic heterocycles. The van der Waals surface area contributed by atoms with Crippen LogP contribution in [-0.4, -0.2) is 82.9 Å². The van der Waals surface area contributed by atoms with E-state index in [-0.39, 0.29) is 11.8 Å². The number of rotatable bonds is 7. The van der Waals surface area contributed by atoms with E-state index in [1.807, 2.05) is 0 Å². The maximum Gasteiger partial charge on any atom is 0.223 e. The van der Waals surface area contributed by atoms with Crippen molar-refractivity contribution >= 4 is 5.91 Å². The van der Waals surface area contributed by atoms with Gasteiger partial charge in [-0.1, -0.05) is 0 Å². The number of nitrogens with one attached hydrogen (secondary N) is 1. The fraction of sp³-hybridized carbons (Fsp3) is 0.929. The molecule has 112 valence electrons. The molecule has 1 amide bonds. The van der Waals surface area contributed by atoms with Gasteiger partial charge >= 0.3 is 0 Å². The second kappa shape index (κ2) is 7.82. The van der Waals surface area contributed by atoms with Crippen molar-refractivity contribution in [2.24, 2.45) is 5.92 Å². The lowest BCUT2D eigenvalue weighted by molar-refractivity contribution is -0.870. The third kappa shape index (κ3) is 7.50. The van der Waals surface area contributed by atoms with E-state index >= 15 is 0 Å². The first-order valence-electron chi connectivity index (χ1n) is 7.23. The molecule has 1 N–H and O–H groups in total. The molecule has 1 rings (SSSR count). The van der Waals surface area contributed by atoms with E-state index in [0.29, 0.717) is 13.2 Å². The minimum Gasteiger partial charge on any atom is -0.374 e. The maximum absolute atomic E-state index is 11.9. The minimum absolute atomic E-state index is 0.197. The Morgan fingerprint density at radius 3 is 2.47 bits per heavy atom. The maximum atomic E-state index is 11.9. The summed E-state index contributed by atoms with van der Waals surface area (Å²) in [5.41, 5.74) is 0. The normalized spacial score (nSPS) is 18.5. The second-order valence-corrected chi connectivity index (χ2v) is 6.49. The molecule has 1 aliphatic rings. The van der Waals surface area contributed by atoms with Crippen LogP contribution in [0.4, 0.5) is 0 Å². The van der Waals surface area contributed by atoms with Crippen molar-refractivity contribution in [2.75, 3.05) is 67.6 Å². The Hall–Kier alpha value is -0.650. The van der Waals surface area contributed by atoms with E-state index in [9.17, 15) is 4.79 Å². The molecule has 0 bridgehead atoms. The van der Waals surface area contributed by atoms with Crippen molar-refractivity contribution in [1.29, 1.82) is 0 Å². The van der Waals surface area contributed by atoms with Crippen LogP contribution in [0, 0.1) is 5.92 Å². The third-order valence-electron chi connectivity index (χ3n) is 3.54. The molecular formula is C14H30N3O2+. The molecule has 5 nitrogen and oxygen atoms in total. The lowest BCUT2D eigenvalue weighted by Crippen LogP contribution is -2.40. The first-order valence-corrected chi connectivity index (χ1v) is 7.23. The number of amides is 1. The Morgan fingerprint density at radius 2 is 1.89 bits per heavy atom. The highest BCUT2D eigenvalue weighted by atomic mass is 16.5. The van der Waals surface area contributed by atoms with Gasteiger partial charge in [-0.25, -0.2) is 0 Å². The first kappa shape index (κ1) is 16.4. The standard InChI is InChI=1S/C14H29N3O2/c1-16-8-5-13(6-9-16)14(18)15-7-11-19-12-10-17(2,3)4/h13H,5-12H2,1-4H3/p+1. The molecule has 0 saturated carbocycles. The van der Waals surface area contributed by atoms with Gasteiger partial charge in [0, 0.05) is 12.5 Å². The second-order valence-electron chi connectivity index (χ2n) is 6.49. The van der Waals surface area contributed by atoms with E-state index in [0.717, 1.165) is 43.6 Å². The predicted molar refractivity (Wildman–Crippen MR) is 76.9 cm³/mol. The summed E-state index contributed by atoms with van der Waals surface area (Å²) in [4.78, 5) is 14.2. The van der Waals surface area contributed by atoms with E-state index in [4.69, 9.17) is 4.74 Å². The number of likely N-dealkylation sites (tertiary alicyclic amines) is 1. The Bertz CT molecular complexity index is 268. The SMILES string of the molecule is CN1CCC(C(=O)NCCOCC[N+](C)(C)C)CC1. The number of quaternary nitrogens is 1. The van der Waals surface area contributed by atoms with Gasteiger partial charge in [-0.05, 0) is 33.0 Å². The number of nitrogens with zero attached hydrogens (tertiary/aromatic N) is 2. The highest BCUT2D eigenvalue weighted by Crippen LogP contribution is 2.15. The van der Waals surface area contributed by atoms with Gasteiger partial charge in [0.05, 0.1) is 34.4 Å². The number of hydrogen-bond acceptors (Lipinski definition) is 3. The van der Waals surface area contributed by atoms with Crippen LogP contribution in [-0.2, 0) is 9.53 Å². The Kier molecular flexibility index (Phi) is 6.75. The highest BCUT2D eigenvalue weighted by Gasteiger charge is 2.22. The van der Waals surface area contributed by atoms with E-state index in [1.165, 1.54) is 0 Å². The molecule has 0 aromatic rings. The van der Waals surface area contributed by atoms with E-state index in [2.05, 4.69) is 38.4 Å². The molecule has 1 saturated heterocycles. The monoisotopic (exact) mass is 272 g/mol. The zero-order valence-electron chi connectivity index (χ0n) is 12.9. The van der Waals surface area contributed by atoms with Gasteiger partial charge in [0.2, 0.25) is 5.91 Å². The average molecular weight is 272 g/mol. The topological polar surface area (TPSA) is 41.6 Å². The van der Waals surface area contributed by atoms with Crippen molar-refractivity contribution in [3.63, 3.8) is 0 Å². The molecule has 0 aliphatic carbocycles. The van der Waals surface area contributed by atoms with Gasteiger partial charge in [0.1, 0.15) is 6.54 Å². The van der Waals surface area contributed by atoms with Crippen LogP contribution in [0.15, 0.2) is 0 Å². The molecular weight excluding hydrogens is 242 g/mol. The lowest BCUT2D eigenvalue weighted by atomic mass is 9.96. The Balaban J connectivity index is 2.01. The van der Waals surface area contributed by atoms with Gasteiger partial charge in [-0.3, -0.25) is 4.79 Å². The minimum atomic E-state index is 0.197. The Labute approximate surface area is 117 Å². The van der Waals surface area contributed by atoms with Crippen LogP contribution < -0.4 is 5.32 Å². The van der Waals surface area contributed by atoms with Crippen LogP contribution in [0.5, 0.6) is 0 Å². The molecule has 1 heterocycles. The van der Waals surface area contributed by atoms with Crippen LogP contribution >= 0.6 is 0 Å². The summed E-state index contributed by atoms with van der Waals surface area (Å²) in [6.45, 7) is 5.02. The molecule has 19 heavy (non-hydrogen) atoms. The number of piperidine rings is 1. The van der Waals surface area contributed by atoms with Crippen LogP contribution in [0.1, 0.15) is 12.8 Å². The van der Waals surface area contributed by atoms with Gasteiger partial charge in [0.15, 0.2) is 0 Å². The summed E-state index contributed by atoms with van der Waals surface area (Å²) in [5, 5.41) is 2.98. The Morgan fingerprint density at radius 1 is 1.26 bits per heavy atom. The van der Waals surface area contributed by atoms with Crippen LogP contribution in [0.3, 0.4) is 0 Å². The molecule has 1 aliphatic heterocycles. The zero-order valence-corrected chi connectivity index (χ0v) is 12.9. The van der Waals surface area contributed by atoms with Crippen LogP contribution in [0.2, 0.25) is 0 Å².